The van der Waals surface area contributed by atoms with Crippen molar-refractivity contribution in [2.45, 2.75) is 82.8 Å². The van der Waals surface area contributed by atoms with E-state index in [1.165, 1.54) is 0 Å². The molecule has 0 unspecified atom stereocenters. The van der Waals surface area contributed by atoms with Gasteiger partial charge in [0.25, 0.3) is 0 Å². The van der Waals surface area contributed by atoms with Crippen molar-refractivity contribution in [2.24, 2.45) is 0 Å². The molecule has 2 aromatic rings. The van der Waals surface area contributed by atoms with Gasteiger partial charge in [-0.15, -0.1) is 0 Å². The topological polar surface area (TPSA) is 46.5 Å². The lowest BCUT2D eigenvalue weighted by molar-refractivity contribution is -0.119. The van der Waals surface area contributed by atoms with Crippen LogP contribution in [0.4, 0.5) is 0 Å². The zero-order valence-corrected chi connectivity index (χ0v) is 21.6. The van der Waals surface area contributed by atoms with Crippen LogP contribution in [-0.2, 0) is 9.22 Å². The summed E-state index contributed by atoms with van der Waals surface area (Å²) in [5.41, 5.74) is -0.372. The summed E-state index contributed by atoms with van der Waals surface area (Å²) < 4.78 is 6.74. The Labute approximate surface area is 189 Å². The van der Waals surface area contributed by atoms with Crippen LogP contribution in [-0.4, -0.2) is 30.8 Å². The van der Waals surface area contributed by atoms with Crippen molar-refractivity contribution in [3.63, 3.8) is 0 Å². The van der Waals surface area contributed by atoms with Gasteiger partial charge < -0.3 is 4.43 Å². The lowest BCUT2D eigenvalue weighted by Gasteiger charge is -2.40. The van der Waals surface area contributed by atoms with Crippen molar-refractivity contribution < 1.29 is 14.1 Å². The van der Waals surface area contributed by atoms with Crippen molar-refractivity contribution >= 4 is 32.2 Å². The molecule has 0 radical (unpaired) electrons. The molecular formula is C26H38O3PSi+. The lowest BCUT2D eigenvalue weighted by atomic mass is 9.97. The Morgan fingerprint density at radius 3 is 1.90 bits per heavy atom. The fourth-order valence-electron chi connectivity index (χ4n) is 4.25. The SMILES string of the molecule is CC(C)(C)[Si](C)(C)O[C@@H]1CCCC(=O)[C@@H]([P+](O)(c2ccccc2)c2ccccc2)CC1. The molecule has 168 valence electrons. The number of ketones is 1. The van der Waals surface area contributed by atoms with E-state index in [2.05, 4.69) is 33.9 Å². The molecule has 0 spiro atoms. The van der Waals surface area contributed by atoms with E-state index in [4.69, 9.17) is 4.43 Å². The summed E-state index contributed by atoms with van der Waals surface area (Å²) in [6.45, 7) is 11.4. The van der Waals surface area contributed by atoms with Gasteiger partial charge in [-0.25, -0.2) is 4.89 Å². The second-order valence-electron chi connectivity index (χ2n) is 10.3. The standard InChI is InChI=1S/C26H38O3PSi/c1-26(2,3)31(4,5)29-21-13-12-18-24(27)25(20-19-21)30(28,22-14-8-6-9-15-22)23-16-10-7-11-17-23/h6-11,14-17,21,25,28H,12-13,18-20H2,1-5H3/q+1/t21-,25+/m1/s1. The molecule has 0 bridgehead atoms. The van der Waals surface area contributed by atoms with Crippen molar-refractivity contribution in [1.82, 2.24) is 0 Å². The molecule has 2 atom stereocenters. The van der Waals surface area contributed by atoms with E-state index in [1.54, 1.807) is 0 Å². The maximum absolute atomic E-state index is 13.3. The first-order valence-corrected chi connectivity index (χ1v) is 16.2. The van der Waals surface area contributed by atoms with Gasteiger partial charge in [-0.3, -0.25) is 4.79 Å². The normalized spacial score (nSPS) is 21.4. The van der Waals surface area contributed by atoms with E-state index in [1.807, 2.05) is 60.7 Å². The molecule has 1 aliphatic carbocycles. The van der Waals surface area contributed by atoms with Crippen LogP contribution in [0, 0.1) is 0 Å². The van der Waals surface area contributed by atoms with Gasteiger partial charge in [-0.2, -0.15) is 0 Å². The van der Waals surface area contributed by atoms with E-state index in [0.29, 0.717) is 12.8 Å². The fourth-order valence-corrected chi connectivity index (χ4v) is 9.01. The Balaban J connectivity index is 1.93. The van der Waals surface area contributed by atoms with Crippen molar-refractivity contribution in [2.75, 3.05) is 0 Å². The summed E-state index contributed by atoms with van der Waals surface area (Å²) in [5, 5.41) is 1.94. The number of rotatable bonds is 5. The number of benzene rings is 2. The van der Waals surface area contributed by atoms with E-state index < -0.39 is 15.8 Å². The summed E-state index contributed by atoms with van der Waals surface area (Å²) in [7, 11) is -4.74. The first kappa shape index (κ1) is 24.3. The van der Waals surface area contributed by atoms with Crippen LogP contribution in [0.5, 0.6) is 0 Å². The number of carbonyl (C=O) groups is 1. The van der Waals surface area contributed by atoms with Gasteiger partial charge in [0.1, 0.15) is 10.6 Å². The third-order valence-corrected chi connectivity index (χ3v) is 15.3. The van der Waals surface area contributed by atoms with E-state index in [9.17, 15) is 9.69 Å². The van der Waals surface area contributed by atoms with Crippen molar-refractivity contribution in [1.29, 1.82) is 0 Å². The van der Waals surface area contributed by atoms with Gasteiger partial charge in [-0.1, -0.05) is 57.2 Å². The third kappa shape index (κ3) is 5.36. The number of hydrogen-bond acceptors (Lipinski definition) is 3. The van der Waals surface area contributed by atoms with Crippen LogP contribution < -0.4 is 10.6 Å². The van der Waals surface area contributed by atoms with Crippen LogP contribution in [0.2, 0.25) is 18.1 Å². The highest BCUT2D eigenvalue weighted by Crippen LogP contribution is 2.59. The van der Waals surface area contributed by atoms with E-state index in [0.717, 1.165) is 29.9 Å². The average Bonchev–Trinajstić information content (AvgIpc) is 2.72. The lowest BCUT2D eigenvalue weighted by Crippen LogP contribution is -2.45. The summed E-state index contributed by atoms with van der Waals surface area (Å²) in [6.07, 6.45) is 3.94. The molecular weight excluding hydrogens is 419 g/mol. The fraction of sp³-hybridized carbons (Fsp3) is 0.500. The predicted molar refractivity (Wildman–Crippen MR) is 135 cm³/mol. The largest absolute Gasteiger partial charge is 0.414 e. The monoisotopic (exact) mass is 457 g/mol. The van der Waals surface area contributed by atoms with Crippen LogP contribution >= 0.6 is 7.49 Å². The molecule has 1 fully saturated rings. The Kier molecular flexibility index (Phi) is 7.58. The molecule has 0 heterocycles. The second kappa shape index (κ2) is 9.66. The molecule has 3 rings (SSSR count). The molecule has 1 aliphatic rings. The van der Waals surface area contributed by atoms with Gasteiger partial charge in [-0.05, 0) is 68.1 Å². The Hall–Kier alpha value is -1.32. The predicted octanol–water partition coefficient (Wildman–Crippen LogP) is 5.85. The van der Waals surface area contributed by atoms with E-state index in [-0.39, 0.29) is 22.6 Å². The van der Waals surface area contributed by atoms with Crippen LogP contribution in [0.3, 0.4) is 0 Å². The Bertz CT molecular complexity index is 822. The molecule has 0 saturated heterocycles. The van der Waals surface area contributed by atoms with Gasteiger partial charge in [0.05, 0.1) is 0 Å². The zero-order chi connectivity index (χ0) is 22.7. The molecule has 5 heteroatoms. The molecule has 0 amide bonds. The molecule has 31 heavy (non-hydrogen) atoms. The van der Waals surface area contributed by atoms with Crippen molar-refractivity contribution in [3.8, 4) is 0 Å². The van der Waals surface area contributed by atoms with Gasteiger partial charge >= 0.3 is 0 Å². The molecule has 0 aromatic heterocycles. The summed E-state index contributed by atoms with van der Waals surface area (Å²) >= 11 is 0. The highest BCUT2D eigenvalue weighted by Gasteiger charge is 2.53. The smallest absolute Gasteiger partial charge is 0.216 e. The highest BCUT2D eigenvalue weighted by atomic mass is 31.2. The van der Waals surface area contributed by atoms with Gasteiger partial charge in [0.15, 0.2) is 19.8 Å². The minimum Gasteiger partial charge on any atom is -0.414 e. The van der Waals surface area contributed by atoms with Crippen molar-refractivity contribution in [3.05, 3.63) is 60.7 Å². The molecule has 1 N–H and O–H groups in total. The highest BCUT2D eigenvalue weighted by molar-refractivity contribution is 7.85. The third-order valence-electron chi connectivity index (χ3n) is 7.10. The molecule has 0 aliphatic heterocycles. The number of hydrogen-bond donors (Lipinski definition) is 1. The zero-order valence-electron chi connectivity index (χ0n) is 19.7. The van der Waals surface area contributed by atoms with Gasteiger partial charge in [0, 0.05) is 12.5 Å². The Morgan fingerprint density at radius 1 is 0.903 bits per heavy atom. The van der Waals surface area contributed by atoms with Crippen LogP contribution in [0.25, 0.3) is 0 Å². The maximum Gasteiger partial charge on any atom is 0.216 e. The first-order valence-electron chi connectivity index (χ1n) is 11.5. The minimum absolute atomic E-state index is 0.159. The molecule has 3 nitrogen and oxygen atoms in total. The number of carbonyl (C=O) groups excluding carboxylic acids is 1. The second-order valence-corrected chi connectivity index (χ2v) is 18.1. The average molecular weight is 458 g/mol. The van der Waals surface area contributed by atoms with Crippen LogP contribution in [0.15, 0.2) is 60.7 Å². The van der Waals surface area contributed by atoms with E-state index >= 15 is 0 Å². The summed E-state index contributed by atoms with van der Waals surface area (Å²) in [6, 6.07) is 19.7. The molecule has 2 aromatic carbocycles. The van der Waals surface area contributed by atoms with Crippen LogP contribution in [0.1, 0.15) is 52.9 Å². The minimum atomic E-state index is -2.86. The first-order chi connectivity index (χ1) is 14.6. The summed E-state index contributed by atoms with van der Waals surface area (Å²) in [4.78, 5) is 25.6. The van der Waals surface area contributed by atoms with Gasteiger partial charge in [0.2, 0.25) is 7.49 Å². The number of Topliss-reactive ketones (excluding diaryl/α,β-unsaturated/α-hetero) is 1. The summed E-state index contributed by atoms with van der Waals surface area (Å²) in [5.74, 6) is 0.203. The Morgan fingerprint density at radius 2 is 1.42 bits per heavy atom. The maximum atomic E-state index is 13.3. The quantitative estimate of drug-likeness (QED) is 0.452. The molecule has 1 saturated carbocycles.